The molecule has 2 aromatic carbocycles. The molecule has 2 aliphatic rings. The fraction of sp³-hybridized carbons (Fsp3) is 0.381. The third-order valence-electron chi connectivity index (χ3n) is 5.47. The van der Waals surface area contributed by atoms with Gasteiger partial charge < -0.3 is 9.74 Å². The second kappa shape index (κ2) is 8.31. The van der Waals surface area contributed by atoms with Crippen molar-refractivity contribution in [3.8, 4) is 11.1 Å². The predicted molar refractivity (Wildman–Crippen MR) is 110 cm³/mol. The molecule has 2 aliphatic heterocycles. The zero-order chi connectivity index (χ0) is 21.3. The summed E-state index contributed by atoms with van der Waals surface area (Å²) >= 11 is 0. The maximum atomic E-state index is 14.4. The Hall–Kier alpha value is -2.52. The van der Waals surface area contributed by atoms with Crippen molar-refractivity contribution in [1.29, 1.82) is 0 Å². The number of nitrogens with zero attached hydrogens (tertiary/aromatic N) is 2. The van der Waals surface area contributed by atoms with Crippen molar-refractivity contribution < 1.29 is 22.0 Å². The van der Waals surface area contributed by atoms with Gasteiger partial charge in [0, 0.05) is 24.7 Å². The van der Waals surface area contributed by atoms with Crippen LogP contribution in [0.1, 0.15) is 31.4 Å². The molecule has 2 heterocycles. The largest absolute Gasteiger partial charge is 0.386 e. The molecular weight excluding hydrogens is 412 g/mol. The van der Waals surface area contributed by atoms with E-state index >= 15 is 0 Å². The van der Waals surface area contributed by atoms with Crippen molar-refractivity contribution in [3.63, 3.8) is 0 Å². The molecule has 0 saturated carbocycles. The summed E-state index contributed by atoms with van der Waals surface area (Å²) in [5.74, 6) is -0.514. The number of benzene rings is 2. The minimum Gasteiger partial charge on any atom is -0.386 e. The van der Waals surface area contributed by atoms with Crippen LogP contribution in [-0.2, 0) is 14.9 Å². The van der Waals surface area contributed by atoms with E-state index < -0.39 is 27.8 Å². The predicted octanol–water partition coefficient (Wildman–Crippen LogP) is 3.42. The summed E-state index contributed by atoms with van der Waals surface area (Å²) < 4.78 is 55.0. The van der Waals surface area contributed by atoms with Crippen molar-refractivity contribution in [2.45, 2.75) is 31.9 Å². The van der Waals surface area contributed by atoms with Crippen molar-refractivity contribution in [3.05, 3.63) is 59.7 Å². The van der Waals surface area contributed by atoms with Crippen LogP contribution in [0.15, 0.2) is 47.6 Å². The zero-order valence-electron chi connectivity index (χ0n) is 16.5. The lowest BCUT2D eigenvalue weighted by atomic mass is 9.94. The van der Waals surface area contributed by atoms with Gasteiger partial charge in [0.1, 0.15) is 17.5 Å². The van der Waals surface area contributed by atoms with E-state index in [-0.39, 0.29) is 17.4 Å². The highest BCUT2D eigenvalue weighted by Gasteiger charge is 2.34. The van der Waals surface area contributed by atoms with Crippen molar-refractivity contribution in [2.24, 2.45) is 5.16 Å². The molecule has 4 rings (SSSR count). The van der Waals surface area contributed by atoms with Gasteiger partial charge in [0.05, 0.1) is 17.7 Å². The first-order valence-corrected chi connectivity index (χ1v) is 11.5. The summed E-state index contributed by atoms with van der Waals surface area (Å²) in [6.07, 6.45) is 0.655. The monoisotopic (exact) mass is 435 g/mol. The number of amidine groups is 1. The first-order valence-electron chi connectivity index (χ1n) is 9.89. The minimum absolute atomic E-state index is 0.0407. The number of likely N-dealkylation sites (tertiary alicyclic amines) is 1. The Labute approximate surface area is 174 Å². The first-order chi connectivity index (χ1) is 14.4. The lowest BCUT2D eigenvalue weighted by molar-refractivity contribution is 0.0859. The normalized spacial score (nSPS) is 21.6. The third-order valence-corrected chi connectivity index (χ3v) is 6.93. The number of hydrogen-bond acceptors (Lipinski definition) is 5. The van der Waals surface area contributed by atoms with Crippen LogP contribution < -0.4 is 4.72 Å². The summed E-state index contributed by atoms with van der Waals surface area (Å²) in [7, 11) is -3.27. The molecule has 30 heavy (non-hydrogen) atoms. The van der Waals surface area contributed by atoms with Crippen molar-refractivity contribution in [1.82, 2.24) is 9.62 Å². The number of hydrogen-bond donors (Lipinski definition) is 1. The van der Waals surface area contributed by atoms with Crippen LogP contribution in [0.5, 0.6) is 0 Å². The van der Waals surface area contributed by atoms with Gasteiger partial charge in [-0.3, -0.25) is 0 Å². The van der Waals surface area contributed by atoms with E-state index in [1.807, 2.05) is 4.90 Å². The molecule has 9 heteroatoms. The van der Waals surface area contributed by atoms with E-state index in [0.29, 0.717) is 42.9 Å². The number of halogens is 2. The highest BCUT2D eigenvalue weighted by Crippen LogP contribution is 2.37. The molecule has 1 fully saturated rings. The molecule has 2 atom stereocenters. The van der Waals surface area contributed by atoms with Gasteiger partial charge in [0.2, 0.25) is 10.0 Å². The van der Waals surface area contributed by atoms with Crippen LogP contribution in [0, 0.1) is 11.6 Å². The van der Waals surface area contributed by atoms with Crippen molar-refractivity contribution >= 4 is 15.9 Å². The van der Waals surface area contributed by atoms with Gasteiger partial charge in [0.25, 0.3) is 0 Å². The molecule has 0 radical (unpaired) electrons. The zero-order valence-corrected chi connectivity index (χ0v) is 17.3. The first kappa shape index (κ1) is 20.7. The molecule has 160 valence electrons. The minimum atomic E-state index is -3.27. The maximum absolute atomic E-state index is 14.4. The molecule has 0 aliphatic carbocycles. The highest BCUT2D eigenvalue weighted by atomic mass is 32.2. The Morgan fingerprint density at radius 2 is 1.90 bits per heavy atom. The van der Waals surface area contributed by atoms with Gasteiger partial charge in [-0.2, -0.15) is 0 Å². The van der Waals surface area contributed by atoms with E-state index in [9.17, 15) is 17.2 Å². The quantitative estimate of drug-likeness (QED) is 0.781. The van der Waals surface area contributed by atoms with Crippen LogP contribution in [-0.4, -0.2) is 44.0 Å². The molecule has 1 saturated heterocycles. The van der Waals surface area contributed by atoms with Crippen LogP contribution in [0.25, 0.3) is 11.1 Å². The third kappa shape index (κ3) is 4.17. The van der Waals surface area contributed by atoms with E-state index in [1.165, 1.54) is 18.2 Å². The molecule has 0 spiro atoms. The summed E-state index contributed by atoms with van der Waals surface area (Å²) in [6, 6.07) is 10.6. The molecule has 2 aromatic rings. The van der Waals surface area contributed by atoms with Gasteiger partial charge >= 0.3 is 0 Å². The maximum Gasteiger partial charge on any atom is 0.211 e. The molecule has 6 nitrogen and oxygen atoms in total. The molecule has 1 N–H and O–H groups in total. The van der Waals surface area contributed by atoms with Crippen LogP contribution >= 0.6 is 0 Å². The van der Waals surface area contributed by atoms with Crippen molar-refractivity contribution in [2.75, 3.05) is 18.8 Å². The van der Waals surface area contributed by atoms with E-state index in [2.05, 4.69) is 9.88 Å². The van der Waals surface area contributed by atoms with E-state index in [4.69, 9.17) is 4.84 Å². The molecule has 0 aromatic heterocycles. The fourth-order valence-electron chi connectivity index (χ4n) is 3.91. The summed E-state index contributed by atoms with van der Waals surface area (Å²) in [6.45, 7) is 2.78. The molecule has 1 unspecified atom stereocenters. The SMILES string of the molecule is CCS(=O)(=O)N[C@H]1CCN(C2=NOC(c3ccccc3-c3c(F)cccc3F)C2)C1. The fourth-order valence-corrected chi connectivity index (χ4v) is 4.77. The van der Waals surface area contributed by atoms with Gasteiger partial charge in [0.15, 0.2) is 6.10 Å². The van der Waals surface area contributed by atoms with Crippen LogP contribution in [0.2, 0.25) is 0 Å². The van der Waals surface area contributed by atoms with Crippen LogP contribution in [0.4, 0.5) is 8.78 Å². The Bertz CT molecular complexity index is 1050. The average molecular weight is 435 g/mol. The second-order valence-electron chi connectivity index (χ2n) is 7.44. The Kier molecular flexibility index (Phi) is 5.75. The van der Waals surface area contributed by atoms with Crippen LogP contribution in [0.3, 0.4) is 0 Å². The number of oxime groups is 1. The van der Waals surface area contributed by atoms with Gasteiger partial charge in [-0.05, 0) is 31.0 Å². The summed E-state index contributed by atoms with van der Waals surface area (Å²) in [5, 5.41) is 4.18. The van der Waals surface area contributed by atoms with Gasteiger partial charge in [-0.25, -0.2) is 21.9 Å². The Balaban J connectivity index is 1.50. The van der Waals surface area contributed by atoms with Gasteiger partial charge in [-0.15, -0.1) is 0 Å². The number of sulfonamides is 1. The second-order valence-corrected chi connectivity index (χ2v) is 9.49. The molecule has 0 bridgehead atoms. The topological polar surface area (TPSA) is 71.0 Å². The summed E-state index contributed by atoms with van der Waals surface area (Å²) in [5.41, 5.74) is 1.01. The van der Waals surface area contributed by atoms with E-state index in [1.54, 1.807) is 31.2 Å². The Morgan fingerprint density at radius 3 is 2.63 bits per heavy atom. The molecule has 0 amide bonds. The lowest BCUT2D eigenvalue weighted by Gasteiger charge is -2.18. The summed E-state index contributed by atoms with van der Waals surface area (Å²) in [4.78, 5) is 7.62. The lowest BCUT2D eigenvalue weighted by Crippen LogP contribution is -2.38. The van der Waals surface area contributed by atoms with Gasteiger partial charge in [-0.1, -0.05) is 35.5 Å². The number of nitrogens with one attached hydrogen (secondary N) is 1. The Morgan fingerprint density at radius 1 is 1.17 bits per heavy atom. The standard InChI is InChI=1S/C21H23F2N3O3S/c1-2-30(27,28)25-14-10-11-26(13-14)20-12-19(29-24-20)15-6-3-4-7-16(15)21-17(22)8-5-9-18(21)23/h3-9,14,19,25H,2,10-13H2,1H3/t14-,19?/m0/s1. The average Bonchev–Trinajstić information content (AvgIpc) is 3.37. The van der Waals surface area contributed by atoms with E-state index in [0.717, 1.165) is 0 Å². The smallest absolute Gasteiger partial charge is 0.211 e. The number of rotatable bonds is 5. The molecular formula is C21H23F2N3O3S. The highest BCUT2D eigenvalue weighted by molar-refractivity contribution is 7.89.